The number of carbonyl (C=O) groups excluding carboxylic acids is 1. The van der Waals surface area contributed by atoms with E-state index in [1.54, 1.807) is 36.4 Å². The molecular formula is C25H23Cl2NO5. The van der Waals surface area contributed by atoms with Crippen LogP contribution in [-0.4, -0.2) is 30.2 Å². The number of hydrogen-bond acceptors (Lipinski definition) is 4. The van der Waals surface area contributed by atoms with Crippen LogP contribution in [0.3, 0.4) is 0 Å². The Morgan fingerprint density at radius 1 is 0.939 bits per heavy atom. The molecule has 0 aliphatic rings. The van der Waals surface area contributed by atoms with Gasteiger partial charge >= 0.3 is 5.97 Å². The van der Waals surface area contributed by atoms with Crippen molar-refractivity contribution in [3.63, 3.8) is 0 Å². The van der Waals surface area contributed by atoms with E-state index in [0.717, 1.165) is 5.56 Å². The lowest BCUT2D eigenvalue weighted by atomic mass is 9.99. The fraction of sp³-hybridized carbons (Fsp3) is 0.200. The van der Waals surface area contributed by atoms with Gasteiger partial charge in [0, 0.05) is 17.1 Å². The van der Waals surface area contributed by atoms with E-state index in [2.05, 4.69) is 5.32 Å². The molecule has 0 aliphatic heterocycles. The van der Waals surface area contributed by atoms with E-state index in [1.807, 2.05) is 26.0 Å². The van der Waals surface area contributed by atoms with Gasteiger partial charge in [-0.2, -0.15) is 0 Å². The molecule has 0 aromatic heterocycles. The summed E-state index contributed by atoms with van der Waals surface area (Å²) in [6.45, 7) is 3.84. The highest BCUT2D eigenvalue weighted by Gasteiger charge is 2.16. The lowest BCUT2D eigenvalue weighted by Gasteiger charge is -2.15. The van der Waals surface area contributed by atoms with Crippen molar-refractivity contribution in [2.75, 3.05) is 7.11 Å². The van der Waals surface area contributed by atoms with Crippen molar-refractivity contribution in [3.05, 3.63) is 81.3 Å². The average molecular weight is 488 g/mol. The summed E-state index contributed by atoms with van der Waals surface area (Å²) in [6, 6.07) is 15.1. The molecule has 0 radical (unpaired) electrons. The van der Waals surface area contributed by atoms with Crippen molar-refractivity contribution in [1.29, 1.82) is 0 Å². The van der Waals surface area contributed by atoms with Crippen LogP contribution in [0.15, 0.2) is 54.6 Å². The van der Waals surface area contributed by atoms with Crippen LogP contribution in [-0.2, 0) is 6.54 Å². The molecule has 0 saturated carbocycles. The van der Waals surface area contributed by atoms with Gasteiger partial charge in [0.25, 0.3) is 5.91 Å². The Hall–Kier alpha value is -3.22. The van der Waals surface area contributed by atoms with Crippen LogP contribution in [0, 0.1) is 0 Å². The Kier molecular flexibility index (Phi) is 7.84. The van der Waals surface area contributed by atoms with Crippen molar-refractivity contribution in [3.8, 4) is 22.6 Å². The second-order valence-electron chi connectivity index (χ2n) is 7.52. The number of halogens is 2. The summed E-state index contributed by atoms with van der Waals surface area (Å²) in [7, 11) is 1.54. The minimum absolute atomic E-state index is 0.0734. The van der Waals surface area contributed by atoms with E-state index in [9.17, 15) is 14.7 Å². The molecule has 0 heterocycles. The number of methoxy groups -OCH3 is 1. The molecule has 1 amide bonds. The van der Waals surface area contributed by atoms with E-state index in [0.29, 0.717) is 33.2 Å². The van der Waals surface area contributed by atoms with Crippen molar-refractivity contribution >= 4 is 35.1 Å². The van der Waals surface area contributed by atoms with Crippen molar-refractivity contribution < 1.29 is 24.2 Å². The van der Waals surface area contributed by atoms with Crippen LogP contribution in [0.25, 0.3) is 11.1 Å². The van der Waals surface area contributed by atoms with Gasteiger partial charge < -0.3 is 19.9 Å². The Balaban J connectivity index is 1.88. The molecule has 0 saturated heterocycles. The monoisotopic (exact) mass is 487 g/mol. The summed E-state index contributed by atoms with van der Waals surface area (Å²) in [6.07, 6.45) is -0.153. The second kappa shape index (κ2) is 10.6. The number of carboxylic acid groups (broad SMARTS) is 1. The van der Waals surface area contributed by atoms with Gasteiger partial charge in [-0.1, -0.05) is 35.3 Å². The van der Waals surface area contributed by atoms with Gasteiger partial charge in [0.1, 0.15) is 17.1 Å². The van der Waals surface area contributed by atoms with Crippen LogP contribution < -0.4 is 14.8 Å². The number of benzene rings is 3. The Labute approximate surface area is 202 Å². The zero-order valence-corrected chi connectivity index (χ0v) is 19.8. The SMILES string of the molecule is COc1ccc(-c2ccc(OC(C)C)c(C(=O)O)c2)cc1CNC(=O)c1ccc(Cl)cc1Cl. The van der Waals surface area contributed by atoms with E-state index in [1.165, 1.54) is 13.2 Å². The summed E-state index contributed by atoms with van der Waals surface area (Å²) in [4.78, 5) is 24.3. The van der Waals surface area contributed by atoms with Crippen LogP contribution >= 0.6 is 23.2 Å². The third-order valence-electron chi connectivity index (χ3n) is 4.80. The highest BCUT2D eigenvalue weighted by Crippen LogP contribution is 2.31. The average Bonchev–Trinajstić information content (AvgIpc) is 2.77. The Morgan fingerprint density at radius 2 is 1.61 bits per heavy atom. The molecule has 3 aromatic rings. The number of hydrogen-bond donors (Lipinski definition) is 2. The smallest absolute Gasteiger partial charge is 0.339 e. The van der Waals surface area contributed by atoms with E-state index < -0.39 is 5.97 Å². The fourth-order valence-corrected chi connectivity index (χ4v) is 3.77. The maximum atomic E-state index is 12.6. The molecule has 172 valence electrons. The minimum Gasteiger partial charge on any atom is -0.496 e. The molecule has 8 heteroatoms. The number of carboxylic acids is 1. The van der Waals surface area contributed by atoms with Gasteiger partial charge in [0.15, 0.2) is 0 Å². The molecule has 0 aliphatic carbocycles. The van der Waals surface area contributed by atoms with Gasteiger partial charge in [-0.3, -0.25) is 4.79 Å². The predicted molar refractivity (Wildman–Crippen MR) is 129 cm³/mol. The van der Waals surface area contributed by atoms with E-state index >= 15 is 0 Å². The molecule has 6 nitrogen and oxygen atoms in total. The summed E-state index contributed by atoms with van der Waals surface area (Å²) >= 11 is 12.0. The fourth-order valence-electron chi connectivity index (χ4n) is 3.27. The lowest BCUT2D eigenvalue weighted by molar-refractivity contribution is 0.0690. The van der Waals surface area contributed by atoms with Gasteiger partial charge in [-0.25, -0.2) is 4.79 Å². The van der Waals surface area contributed by atoms with Gasteiger partial charge in [0.05, 0.1) is 23.8 Å². The normalized spacial score (nSPS) is 10.7. The maximum absolute atomic E-state index is 12.6. The first-order valence-corrected chi connectivity index (χ1v) is 10.9. The number of aromatic carboxylic acids is 1. The molecular weight excluding hydrogens is 465 g/mol. The molecule has 0 spiro atoms. The van der Waals surface area contributed by atoms with Gasteiger partial charge in [-0.05, 0) is 67.4 Å². The Morgan fingerprint density at radius 3 is 2.21 bits per heavy atom. The summed E-state index contributed by atoms with van der Waals surface area (Å²) < 4.78 is 11.0. The van der Waals surface area contributed by atoms with Gasteiger partial charge in [-0.15, -0.1) is 0 Å². The lowest BCUT2D eigenvalue weighted by Crippen LogP contribution is -2.23. The second-order valence-corrected chi connectivity index (χ2v) is 8.36. The first-order chi connectivity index (χ1) is 15.7. The highest BCUT2D eigenvalue weighted by molar-refractivity contribution is 6.36. The predicted octanol–water partition coefficient (Wildman–Crippen LogP) is 6.08. The number of carbonyl (C=O) groups is 2. The zero-order chi connectivity index (χ0) is 24.1. The third-order valence-corrected chi connectivity index (χ3v) is 5.35. The number of nitrogens with one attached hydrogen (secondary N) is 1. The van der Waals surface area contributed by atoms with Crippen LogP contribution in [0.2, 0.25) is 10.0 Å². The maximum Gasteiger partial charge on any atom is 0.339 e. The number of rotatable bonds is 8. The molecule has 3 rings (SSSR count). The largest absolute Gasteiger partial charge is 0.496 e. The first kappa shape index (κ1) is 24.4. The van der Waals surface area contributed by atoms with E-state index in [4.69, 9.17) is 32.7 Å². The topological polar surface area (TPSA) is 84.9 Å². The molecule has 0 atom stereocenters. The van der Waals surface area contributed by atoms with Crippen molar-refractivity contribution in [1.82, 2.24) is 5.32 Å². The highest BCUT2D eigenvalue weighted by atomic mass is 35.5. The quantitative estimate of drug-likeness (QED) is 0.401. The molecule has 0 bridgehead atoms. The van der Waals surface area contributed by atoms with Crippen LogP contribution in [0.5, 0.6) is 11.5 Å². The molecule has 33 heavy (non-hydrogen) atoms. The van der Waals surface area contributed by atoms with Crippen molar-refractivity contribution in [2.45, 2.75) is 26.5 Å². The number of amides is 1. The molecule has 0 unspecified atom stereocenters. The molecule has 2 N–H and O–H groups in total. The standard InChI is InChI=1S/C25H23Cl2NO5/c1-14(2)33-23-9-5-16(11-20(23)25(30)31)15-4-8-22(32-3)17(10-15)13-28-24(29)19-7-6-18(26)12-21(19)27/h4-12,14H,13H2,1-3H3,(H,28,29)(H,30,31). The number of ether oxygens (including phenoxy) is 2. The van der Waals surface area contributed by atoms with Crippen LogP contribution in [0.4, 0.5) is 0 Å². The van der Waals surface area contributed by atoms with E-state index in [-0.39, 0.29) is 29.1 Å². The van der Waals surface area contributed by atoms with Crippen LogP contribution in [0.1, 0.15) is 40.1 Å². The summed E-state index contributed by atoms with van der Waals surface area (Å²) in [5.41, 5.74) is 2.56. The van der Waals surface area contributed by atoms with Crippen molar-refractivity contribution in [2.24, 2.45) is 0 Å². The first-order valence-electron chi connectivity index (χ1n) is 10.1. The molecule has 0 fully saturated rings. The summed E-state index contributed by atoms with van der Waals surface area (Å²) in [5.74, 6) is -0.539. The van der Waals surface area contributed by atoms with Gasteiger partial charge in [0.2, 0.25) is 0 Å². The third kappa shape index (κ3) is 5.97. The Bertz CT molecular complexity index is 1190. The minimum atomic E-state index is -1.08. The zero-order valence-electron chi connectivity index (χ0n) is 18.3. The summed E-state index contributed by atoms with van der Waals surface area (Å²) in [5, 5.41) is 13.1. The molecule has 3 aromatic carbocycles.